The lowest BCUT2D eigenvalue weighted by atomic mass is 10.2. The van der Waals surface area contributed by atoms with Crippen molar-refractivity contribution in [2.24, 2.45) is 0 Å². The minimum absolute atomic E-state index is 0.0151. The highest BCUT2D eigenvalue weighted by Gasteiger charge is 2.21. The van der Waals surface area contributed by atoms with Gasteiger partial charge in [0.05, 0.1) is 6.04 Å². The average Bonchev–Trinajstić information content (AvgIpc) is 2.83. The van der Waals surface area contributed by atoms with Gasteiger partial charge in [-0.2, -0.15) is 0 Å². The molecule has 0 radical (unpaired) electrons. The van der Waals surface area contributed by atoms with Gasteiger partial charge >= 0.3 is 0 Å². The Labute approximate surface area is 108 Å². The molecule has 5 heteroatoms. The van der Waals surface area contributed by atoms with Crippen LogP contribution in [-0.4, -0.2) is 18.5 Å². The Morgan fingerprint density at radius 2 is 2.41 bits per heavy atom. The van der Waals surface area contributed by atoms with Crippen LogP contribution in [0.4, 0.5) is 4.39 Å². The van der Waals surface area contributed by atoms with E-state index in [1.165, 1.54) is 12.1 Å². The molecule has 0 bridgehead atoms. The molecule has 1 aliphatic heterocycles. The van der Waals surface area contributed by atoms with Crippen LogP contribution in [0.15, 0.2) is 22.7 Å². The van der Waals surface area contributed by atoms with Crippen molar-refractivity contribution >= 4 is 21.8 Å². The highest BCUT2D eigenvalue weighted by atomic mass is 79.9. The number of hydrogen-bond donors (Lipinski definition) is 2. The summed E-state index contributed by atoms with van der Waals surface area (Å²) in [7, 11) is 0. The lowest BCUT2D eigenvalue weighted by Crippen LogP contribution is -2.40. The lowest BCUT2D eigenvalue weighted by Gasteiger charge is -2.11. The van der Waals surface area contributed by atoms with Gasteiger partial charge in [0.25, 0.3) is 0 Å². The fourth-order valence-electron chi connectivity index (χ4n) is 1.89. The maximum Gasteiger partial charge on any atom is 0.237 e. The smallest absolute Gasteiger partial charge is 0.237 e. The predicted molar refractivity (Wildman–Crippen MR) is 67.0 cm³/mol. The van der Waals surface area contributed by atoms with Crippen molar-refractivity contribution in [3.8, 4) is 0 Å². The van der Waals surface area contributed by atoms with Crippen molar-refractivity contribution in [3.05, 3.63) is 34.1 Å². The second kappa shape index (κ2) is 5.60. The van der Waals surface area contributed by atoms with E-state index in [4.69, 9.17) is 0 Å². The van der Waals surface area contributed by atoms with Crippen LogP contribution in [0.5, 0.6) is 0 Å². The Balaban J connectivity index is 1.92. The summed E-state index contributed by atoms with van der Waals surface area (Å²) in [5.74, 6) is -0.310. The fraction of sp³-hybridized carbons (Fsp3) is 0.417. The fourth-order valence-corrected chi connectivity index (χ4v) is 2.28. The normalized spacial score (nSPS) is 19.3. The minimum atomic E-state index is -0.295. The van der Waals surface area contributed by atoms with Gasteiger partial charge < -0.3 is 10.6 Å². The van der Waals surface area contributed by atoms with Crippen LogP contribution in [0, 0.1) is 5.82 Å². The van der Waals surface area contributed by atoms with E-state index in [0.717, 1.165) is 29.4 Å². The minimum Gasteiger partial charge on any atom is -0.351 e. The first kappa shape index (κ1) is 12.5. The number of carbonyl (C=O) groups excluding carboxylic acids is 1. The molecule has 0 unspecified atom stereocenters. The lowest BCUT2D eigenvalue weighted by molar-refractivity contribution is -0.122. The summed E-state index contributed by atoms with van der Waals surface area (Å²) in [5.41, 5.74) is 0.747. The molecule has 1 fully saturated rings. The van der Waals surface area contributed by atoms with E-state index in [-0.39, 0.29) is 17.8 Å². The van der Waals surface area contributed by atoms with Crippen LogP contribution in [0.2, 0.25) is 0 Å². The Morgan fingerprint density at radius 1 is 1.59 bits per heavy atom. The standard InChI is InChI=1S/C12H14BrFN2O/c13-10-4-3-9(14)6-8(10)7-16-12(17)11-2-1-5-15-11/h3-4,6,11,15H,1-2,5,7H2,(H,16,17)/t11-/m0/s1. The van der Waals surface area contributed by atoms with Gasteiger partial charge in [0.2, 0.25) is 5.91 Å². The van der Waals surface area contributed by atoms with Crippen LogP contribution >= 0.6 is 15.9 Å². The molecule has 1 amide bonds. The third-order valence-corrected chi connectivity index (χ3v) is 3.61. The van der Waals surface area contributed by atoms with E-state index in [1.807, 2.05) is 0 Å². The van der Waals surface area contributed by atoms with E-state index < -0.39 is 0 Å². The van der Waals surface area contributed by atoms with Crippen molar-refractivity contribution in [1.29, 1.82) is 0 Å². The number of nitrogens with one attached hydrogen (secondary N) is 2. The van der Waals surface area contributed by atoms with E-state index in [2.05, 4.69) is 26.6 Å². The molecule has 17 heavy (non-hydrogen) atoms. The Hall–Kier alpha value is -0.940. The SMILES string of the molecule is O=C(NCc1cc(F)ccc1Br)[C@@H]1CCCN1. The van der Waals surface area contributed by atoms with Gasteiger partial charge in [0.1, 0.15) is 5.82 Å². The quantitative estimate of drug-likeness (QED) is 0.896. The Kier molecular flexibility index (Phi) is 4.12. The molecular weight excluding hydrogens is 287 g/mol. The van der Waals surface area contributed by atoms with Crippen LogP contribution in [0.3, 0.4) is 0 Å². The highest BCUT2D eigenvalue weighted by Crippen LogP contribution is 2.17. The molecule has 92 valence electrons. The van der Waals surface area contributed by atoms with Crippen molar-refractivity contribution in [3.63, 3.8) is 0 Å². The number of amides is 1. The summed E-state index contributed by atoms with van der Waals surface area (Å²) >= 11 is 3.33. The number of halogens is 2. The molecule has 1 aliphatic rings. The van der Waals surface area contributed by atoms with Gasteiger partial charge in [-0.3, -0.25) is 4.79 Å². The summed E-state index contributed by atoms with van der Waals surface area (Å²) in [6.07, 6.45) is 1.90. The Bertz CT molecular complexity index is 419. The van der Waals surface area contributed by atoms with Crippen LogP contribution < -0.4 is 10.6 Å². The maximum absolute atomic E-state index is 13.0. The summed E-state index contributed by atoms with van der Waals surface area (Å²) in [5, 5.41) is 5.93. The first-order valence-corrected chi connectivity index (χ1v) is 6.41. The molecule has 1 saturated heterocycles. The molecule has 2 rings (SSSR count). The second-order valence-corrected chi connectivity index (χ2v) is 4.96. The zero-order valence-corrected chi connectivity index (χ0v) is 10.9. The van der Waals surface area contributed by atoms with Crippen LogP contribution in [0.1, 0.15) is 18.4 Å². The molecule has 3 nitrogen and oxygen atoms in total. The first-order valence-electron chi connectivity index (χ1n) is 5.62. The van der Waals surface area contributed by atoms with E-state index >= 15 is 0 Å². The topological polar surface area (TPSA) is 41.1 Å². The van der Waals surface area contributed by atoms with Crippen molar-refractivity contribution < 1.29 is 9.18 Å². The highest BCUT2D eigenvalue weighted by molar-refractivity contribution is 9.10. The van der Waals surface area contributed by atoms with Crippen LogP contribution in [-0.2, 0) is 11.3 Å². The third kappa shape index (κ3) is 3.26. The largest absolute Gasteiger partial charge is 0.351 e. The molecule has 0 saturated carbocycles. The molecule has 0 aromatic heterocycles. The van der Waals surface area contributed by atoms with Crippen LogP contribution in [0.25, 0.3) is 0 Å². The molecule has 0 spiro atoms. The summed E-state index contributed by atoms with van der Waals surface area (Å²) in [6.45, 7) is 1.23. The van der Waals surface area contributed by atoms with E-state index in [9.17, 15) is 9.18 Å². The zero-order valence-electron chi connectivity index (χ0n) is 9.30. The molecule has 1 aromatic rings. The first-order chi connectivity index (χ1) is 8.16. The molecule has 2 N–H and O–H groups in total. The van der Waals surface area contributed by atoms with Gasteiger partial charge in [-0.05, 0) is 43.1 Å². The molecule has 0 aliphatic carbocycles. The zero-order chi connectivity index (χ0) is 12.3. The number of hydrogen-bond acceptors (Lipinski definition) is 2. The molecular formula is C12H14BrFN2O. The maximum atomic E-state index is 13.0. The molecule has 1 aromatic carbocycles. The van der Waals surface area contributed by atoms with E-state index in [0.29, 0.717) is 6.54 Å². The number of benzene rings is 1. The molecule has 1 atom stereocenters. The Morgan fingerprint density at radius 3 is 3.12 bits per heavy atom. The van der Waals surface area contributed by atoms with Crippen molar-refractivity contribution in [1.82, 2.24) is 10.6 Å². The number of rotatable bonds is 3. The summed E-state index contributed by atoms with van der Waals surface area (Å²) in [4.78, 5) is 11.7. The van der Waals surface area contributed by atoms with E-state index in [1.54, 1.807) is 6.07 Å². The third-order valence-electron chi connectivity index (χ3n) is 2.84. The monoisotopic (exact) mass is 300 g/mol. The van der Waals surface area contributed by atoms with Gasteiger partial charge in [-0.15, -0.1) is 0 Å². The number of carbonyl (C=O) groups is 1. The van der Waals surface area contributed by atoms with Gasteiger partial charge in [-0.1, -0.05) is 15.9 Å². The van der Waals surface area contributed by atoms with Crippen molar-refractivity contribution in [2.75, 3.05) is 6.54 Å². The summed E-state index contributed by atoms with van der Waals surface area (Å²) < 4.78 is 13.8. The predicted octanol–water partition coefficient (Wildman–Crippen LogP) is 1.96. The second-order valence-electron chi connectivity index (χ2n) is 4.10. The molecule has 1 heterocycles. The van der Waals surface area contributed by atoms with Gasteiger partial charge in [-0.25, -0.2) is 4.39 Å². The van der Waals surface area contributed by atoms with Crippen molar-refractivity contribution in [2.45, 2.75) is 25.4 Å². The van der Waals surface area contributed by atoms with Gasteiger partial charge in [0, 0.05) is 11.0 Å². The van der Waals surface area contributed by atoms with Gasteiger partial charge in [0.15, 0.2) is 0 Å². The summed E-state index contributed by atoms with van der Waals surface area (Å²) in [6, 6.07) is 4.35. The average molecular weight is 301 g/mol.